The van der Waals surface area contributed by atoms with E-state index < -0.39 is 9.84 Å². The second kappa shape index (κ2) is 4.00. The average molecular weight is 246 g/mol. The second-order valence-corrected chi connectivity index (χ2v) is 7.14. The van der Waals surface area contributed by atoms with Crippen molar-refractivity contribution in [3.8, 4) is 0 Å². The minimum absolute atomic E-state index is 0.0582. The molecule has 0 aromatic rings. The first-order valence-electron chi connectivity index (χ1n) is 5.69. The van der Waals surface area contributed by atoms with Crippen LogP contribution in [0.3, 0.4) is 0 Å². The number of nitrogens with one attached hydrogen (secondary N) is 1. The van der Waals surface area contributed by atoms with Crippen molar-refractivity contribution in [1.82, 2.24) is 5.32 Å². The lowest BCUT2D eigenvalue weighted by Crippen LogP contribution is -2.47. The summed E-state index contributed by atoms with van der Waals surface area (Å²) in [4.78, 5) is 11.9. The minimum atomic E-state index is -2.96. The Bertz CT molecular complexity index is 387. The van der Waals surface area contributed by atoms with Crippen LogP contribution in [0, 0.1) is 5.41 Å². The Morgan fingerprint density at radius 1 is 1.44 bits per heavy atom. The van der Waals surface area contributed by atoms with E-state index in [1.807, 2.05) is 0 Å². The van der Waals surface area contributed by atoms with Crippen LogP contribution in [0.5, 0.6) is 0 Å². The quantitative estimate of drug-likeness (QED) is 0.697. The number of hydrogen-bond acceptors (Lipinski definition) is 4. The van der Waals surface area contributed by atoms with Gasteiger partial charge in [0.1, 0.15) is 0 Å². The molecule has 2 aliphatic rings. The predicted octanol–water partition coefficient (Wildman–Crippen LogP) is -0.581. The SMILES string of the molecule is NCC1(C(=O)NC2CCCS(=O)(=O)C2)CC1. The summed E-state index contributed by atoms with van der Waals surface area (Å²) in [7, 11) is -2.96. The average Bonchev–Trinajstić information content (AvgIpc) is 2.96. The van der Waals surface area contributed by atoms with Crippen LogP contribution in [0.25, 0.3) is 0 Å². The predicted molar refractivity (Wildman–Crippen MR) is 60.5 cm³/mol. The maximum Gasteiger partial charge on any atom is 0.227 e. The van der Waals surface area contributed by atoms with Crippen LogP contribution in [-0.4, -0.2) is 38.4 Å². The summed E-state index contributed by atoms with van der Waals surface area (Å²) in [5, 5.41) is 2.83. The van der Waals surface area contributed by atoms with Crippen LogP contribution in [0.2, 0.25) is 0 Å². The summed E-state index contributed by atoms with van der Waals surface area (Å²) in [5.41, 5.74) is 5.16. The van der Waals surface area contributed by atoms with Crippen molar-refractivity contribution in [1.29, 1.82) is 0 Å². The van der Waals surface area contributed by atoms with Gasteiger partial charge in [0, 0.05) is 12.6 Å². The number of amides is 1. The Labute approximate surface area is 95.7 Å². The third kappa shape index (κ3) is 2.38. The zero-order chi connectivity index (χ0) is 11.8. The van der Waals surface area contributed by atoms with Crippen molar-refractivity contribution in [2.24, 2.45) is 11.1 Å². The van der Waals surface area contributed by atoms with Gasteiger partial charge >= 0.3 is 0 Å². The van der Waals surface area contributed by atoms with Crippen molar-refractivity contribution in [2.75, 3.05) is 18.1 Å². The van der Waals surface area contributed by atoms with E-state index in [1.165, 1.54) is 0 Å². The van der Waals surface area contributed by atoms with E-state index in [4.69, 9.17) is 5.73 Å². The Balaban J connectivity index is 1.93. The molecule has 1 aliphatic heterocycles. The number of sulfone groups is 1. The Kier molecular flexibility index (Phi) is 2.96. The summed E-state index contributed by atoms with van der Waals surface area (Å²) < 4.78 is 22.8. The molecule has 1 atom stereocenters. The monoisotopic (exact) mass is 246 g/mol. The molecule has 2 fully saturated rings. The van der Waals surface area contributed by atoms with Gasteiger partial charge in [-0.15, -0.1) is 0 Å². The van der Waals surface area contributed by atoms with Gasteiger partial charge in [0.05, 0.1) is 16.9 Å². The number of nitrogens with two attached hydrogens (primary N) is 1. The molecule has 92 valence electrons. The smallest absolute Gasteiger partial charge is 0.227 e. The van der Waals surface area contributed by atoms with E-state index in [9.17, 15) is 13.2 Å². The van der Waals surface area contributed by atoms with Gasteiger partial charge in [0.25, 0.3) is 0 Å². The highest BCUT2D eigenvalue weighted by Gasteiger charge is 2.49. The summed E-state index contributed by atoms with van der Waals surface area (Å²) in [6.45, 7) is 0.359. The molecule has 0 radical (unpaired) electrons. The van der Waals surface area contributed by atoms with Crippen molar-refractivity contribution < 1.29 is 13.2 Å². The molecule has 1 saturated heterocycles. The molecule has 3 N–H and O–H groups in total. The number of carbonyl (C=O) groups is 1. The molecular weight excluding hydrogens is 228 g/mol. The van der Waals surface area contributed by atoms with Gasteiger partial charge in [-0.1, -0.05) is 0 Å². The van der Waals surface area contributed by atoms with Crippen molar-refractivity contribution in [3.05, 3.63) is 0 Å². The number of hydrogen-bond donors (Lipinski definition) is 2. The molecular formula is C10H18N2O3S. The maximum atomic E-state index is 11.9. The van der Waals surface area contributed by atoms with Gasteiger partial charge in [-0.05, 0) is 25.7 Å². The molecule has 0 bridgehead atoms. The van der Waals surface area contributed by atoms with E-state index >= 15 is 0 Å². The topological polar surface area (TPSA) is 89.3 Å². The van der Waals surface area contributed by atoms with E-state index in [1.54, 1.807) is 0 Å². The summed E-state index contributed by atoms with van der Waals surface area (Å²) >= 11 is 0. The first-order valence-corrected chi connectivity index (χ1v) is 7.51. The molecule has 5 nitrogen and oxygen atoms in total. The summed E-state index contributed by atoms with van der Waals surface area (Å²) in [5.74, 6) is 0.276. The first-order chi connectivity index (χ1) is 7.47. The first kappa shape index (κ1) is 11.9. The fourth-order valence-corrected chi connectivity index (χ4v) is 3.79. The lowest BCUT2D eigenvalue weighted by molar-refractivity contribution is -0.126. The zero-order valence-corrected chi connectivity index (χ0v) is 10.1. The highest BCUT2D eigenvalue weighted by atomic mass is 32.2. The molecule has 0 spiro atoms. The molecule has 1 amide bonds. The molecule has 1 aliphatic carbocycles. The molecule has 1 heterocycles. The zero-order valence-electron chi connectivity index (χ0n) is 9.24. The van der Waals surface area contributed by atoms with Gasteiger partial charge in [-0.25, -0.2) is 8.42 Å². The number of rotatable bonds is 3. The van der Waals surface area contributed by atoms with Gasteiger partial charge < -0.3 is 11.1 Å². The van der Waals surface area contributed by atoms with Crippen LogP contribution >= 0.6 is 0 Å². The molecule has 0 aromatic heterocycles. The summed E-state index contributed by atoms with van der Waals surface area (Å²) in [6.07, 6.45) is 3.05. The van der Waals surface area contributed by atoms with Gasteiger partial charge in [-0.2, -0.15) is 0 Å². The fourth-order valence-electron chi connectivity index (χ4n) is 2.15. The molecule has 16 heavy (non-hydrogen) atoms. The van der Waals surface area contributed by atoms with Gasteiger partial charge in [0.2, 0.25) is 5.91 Å². The Hall–Kier alpha value is -0.620. The third-order valence-corrected chi connectivity index (χ3v) is 5.35. The lowest BCUT2D eigenvalue weighted by Gasteiger charge is -2.25. The standard InChI is InChI=1S/C10H18N2O3S/c11-7-10(3-4-10)9(13)12-8-2-1-5-16(14,15)6-8/h8H,1-7,11H2,(H,12,13). The van der Waals surface area contributed by atoms with Crippen molar-refractivity contribution in [3.63, 3.8) is 0 Å². The minimum Gasteiger partial charge on any atom is -0.352 e. The highest BCUT2D eigenvalue weighted by molar-refractivity contribution is 7.91. The Morgan fingerprint density at radius 2 is 2.12 bits per heavy atom. The van der Waals surface area contributed by atoms with E-state index in [0.717, 1.165) is 19.3 Å². The maximum absolute atomic E-state index is 11.9. The van der Waals surface area contributed by atoms with Crippen molar-refractivity contribution >= 4 is 15.7 Å². The lowest BCUT2D eigenvalue weighted by atomic mass is 10.1. The van der Waals surface area contributed by atoms with Crippen LogP contribution < -0.4 is 11.1 Å². The normalized spacial score (nSPS) is 30.7. The molecule has 2 rings (SSSR count). The van der Waals surface area contributed by atoms with E-state index in [0.29, 0.717) is 13.0 Å². The third-order valence-electron chi connectivity index (χ3n) is 3.52. The van der Waals surface area contributed by atoms with Crippen LogP contribution in [0.1, 0.15) is 25.7 Å². The fraction of sp³-hybridized carbons (Fsp3) is 0.900. The second-order valence-electron chi connectivity index (χ2n) is 4.91. The van der Waals surface area contributed by atoms with E-state index in [2.05, 4.69) is 5.32 Å². The van der Waals surface area contributed by atoms with Crippen LogP contribution in [0.4, 0.5) is 0 Å². The van der Waals surface area contributed by atoms with Crippen LogP contribution in [-0.2, 0) is 14.6 Å². The van der Waals surface area contributed by atoms with Gasteiger partial charge in [-0.3, -0.25) is 4.79 Å². The van der Waals surface area contributed by atoms with Crippen LogP contribution in [0.15, 0.2) is 0 Å². The highest BCUT2D eigenvalue weighted by Crippen LogP contribution is 2.44. The van der Waals surface area contributed by atoms with Crippen molar-refractivity contribution in [2.45, 2.75) is 31.7 Å². The largest absolute Gasteiger partial charge is 0.352 e. The number of carbonyl (C=O) groups excluding carboxylic acids is 1. The molecule has 0 aromatic carbocycles. The van der Waals surface area contributed by atoms with Gasteiger partial charge in [0.15, 0.2) is 9.84 Å². The summed E-state index contributed by atoms with van der Waals surface area (Å²) in [6, 6.07) is -0.213. The molecule has 6 heteroatoms. The Morgan fingerprint density at radius 3 is 2.62 bits per heavy atom. The molecule has 1 unspecified atom stereocenters. The molecule has 1 saturated carbocycles. The van der Waals surface area contributed by atoms with E-state index in [-0.39, 0.29) is 28.9 Å².